The van der Waals surface area contributed by atoms with Gasteiger partial charge in [0.25, 0.3) is 0 Å². The van der Waals surface area contributed by atoms with Gasteiger partial charge < -0.3 is 10.2 Å². The molecule has 0 saturated heterocycles. The molecule has 0 aliphatic rings. The molecule has 104 valence electrons. The van der Waals surface area contributed by atoms with Crippen LogP contribution in [-0.4, -0.2) is 28.1 Å². The van der Waals surface area contributed by atoms with Gasteiger partial charge in [0.1, 0.15) is 12.2 Å². The predicted octanol–water partition coefficient (Wildman–Crippen LogP) is 1.87. The van der Waals surface area contributed by atoms with Gasteiger partial charge in [-0.15, -0.1) is 0 Å². The third-order valence-electron chi connectivity index (χ3n) is 2.52. The van der Waals surface area contributed by atoms with Gasteiger partial charge in [-0.2, -0.15) is 13.2 Å². The van der Waals surface area contributed by atoms with Crippen molar-refractivity contribution in [1.29, 1.82) is 0 Å². The first-order valence-corrected chi connectivity index (χ1v) is 5.25. The SMILES string of the molecule is O=C(O)CC(=O)CC(O)(c1ccccc1)C(F)(F)F. The lowest BCUT2D eigenvalue weighted by atomic mass is 9.87. The van der Waals surface area contributed by atoms with Crippen molar-refractivity contribution >= 4 is 11.8 Å². The number of aliphatic carboxylic acids is 1. The largest absolute Gasteiger partial charge is 0.481 e. The summed E-state index contributed by atoms with van der Waals surface area (Å²) in [4.78, 5) is 21.5. The molecule has 0 spiro atoms. The Balaban J connectivity index is 3.09. The quantitative estimate of drug-likeness (QED) is 0.805. The normalized spacial score (nSPS) is 14.7. The summed E-state index contributed by atoms with van der Waals surface area (Å²) in [7, 11) is 0. The summed E-state index contributed by atoms with van der Waals surface area (Å²) in [5, 5.41) is 18.1. The van der Waals surface area contributed by atoms with Crippen LogP contribution in [0, 0.1) is 0 Å². The number of benzene rings is 1. The highest BCUT2D eigenvalue weighted by Crippen LogP contribution is 2.41. The number of rotatable bonds is 5. The molecule has 0 aliphatic carbocycles. The number of hydrogen-bond acceptors (Lipinski definition) is 3. The average Bonchev–Trinajstić information content (AvgIpc) is 2.27. The van der Waals surface area contributed by atoms with E-state index in [1.54, 1.807) is 0 Å². The van der Waals surface area contributed by atoms with Gasteiger partial charge in [-0.3, -0.25) is 9.59 Å². The molecular formula is C12H11F3O4. The Bertz CT molecular complexity index is 470. The molecule has 1 aromatic carbocycles. The lowest BCUT2D eigenvalue weighted by Crippen LogP contribution is -2.44. The van der Waals surface area contributed by atoms with Gasteiger partial charge >= 0.3 is 12.1 Å². The van der Waals surface area contributed by atoms with Crippen molar-refractivity contribution in [2.75, 3.05) is 0 Å². The van der Waals surface area contributed by atoms with Crippen molar-refractivity contribution in [2.24, 2.45) is 0 Å². The van der Waals surface area contributed by atoms with E-state index in [9.17, 15) is 27.9 Å². The van der Waals surface area contributed by atoms with Gasteiger partial charge in [-0.05, 0) is 5.56 Å². The highest BCUT2D eigenvalue weighted by atomic mass is 19.4. The second kappa shape index (κ2) is 5.40. The van der Waals surface area contributed by atoms with Crippen LogP contribution >= 0.6 is 0 Å². The van der Waals surface area contributed by atoms with E-state index in [1.807, 2.05) is 0 Å². The zero-order valence-electron chi connectivity index (χ0n) is 9.65. The minimum absolute atomic E-state index is 0.499. The summed E-state index contributed by atoms with van der Waals surface area (Å²) in [6.45, 7) is 0. The van der Waals surface area contributed by atoms with Crippen LogP contribution in [0.1, 0.15) is 18.4 Å². The van der Waals surface area contributed by atoms with E-state index in [-0.39, 0.29) is 0 Å². The van der Waals surface area contributed by atoms with E-state index in [2.05, 4.69) is 0 Å². The molecule has 1 unspecified atom stereocenters. The molecule has 1 aromatic rings. The fourth-order valence-corrected chi connectivity index (χ4v) is 1.60. The van der Waals surface area contributed by atoms with Crippen molar-refractivity contribution in [3.63, 3.8) is 0 Å². The summed E-state index contributed by atoms with van der Waals surface area (Å²) in [6, 6.07) is 6.09. The minimum atomic E-state index is -5.08. The van der Waals surface area contributed by atoms with Crippen LogP contribution in [0.15, 0.2) is 30.3 Å². The maximum atomic E-state index is 12.9. The Kier molecular flexibility index (Phi) is 4.31. The van der Waals surface area contributed by atoms with Gasteiger partial charge in [-0.1, -0.05) is 30.3 Å². The van der Waals surface area contributed by atoms with Crippen LogP contribution in [-0.2, 0) is 15.2 Å². The lowest BCUT2D eigenvalue weighted by Gasteiger charge is -2.30. The standard InChI is InChI=1S/C12H11F3O4/c13-12(14,15)11(19,7-9(16)6-10(17)18)8-4-2-1-3-5-8/h1-5,19H,6-7H2,(H,17,18). The van der Waals surface area contributed by atoms with E-state index in [4.69, 9.17) is 5.11 Å². The number of Topliss-reactive ketones (excluding diaryl/α,β-unsaturated/α-hetero) is 1. The molecule has 4 nitrogen and oxygen atoms in total. The van der Waals surface area contributed by atoms with Crippen LogP contribution in [0.5, 0.6) is 0 Å². The maximum absolute atomic E-state index is 12.9. The first-order valence-electron chi connectivity index (χ1n) is 5.25. The monoisotopic (exact) mass is 276 g/mol. The van der Waals surface area contributed by atoms with Crippen molar-refractivity contribution in [1.82, 2.24) is 0 Å². The Morgan fingerprint density at radius 2 is 1.63 bits per heavy atom. The Morgan fingerprint density at radius 3 is 2.05 bits per heavy atom. The molecule has 2 N–H and O–H groups in total. The summed E-state index contributed by atoms with van der Waals surface area (Å²) in [5.74, 6) is -2.74. The van der Waals surface area contributed by atoms with Crippen molar-refractivity contribution in [3.05, 3.63) is 35.9 Å². The zero-order valence-corrected chi connectivity index (χ0v) is 9.65. The molecule has 0 aromatic heterocycles. The van der Waals surface area contributed by atoms with Crippen LogP contribution in [0.25, 0.3) is 0 Å². The van der Waals surface area contributed by atoms with Gasteiger partial charge in [0, 0.05) is 6.42 Å². The molecule has 0 heterocycles. The molecule has 0 saturated carbocycles. The molecule has 0 aliphatic heterocycles. The average molecular weight is 276 g/mol. The Labute approximate surface area is 106 Å². The molecule has 1 rings (SSSR count). The lowest BCUT2D eigenvalue weighted by molar-refractivity contribution is -0.267. The third-order valence-corrected chi connectivity index (χ3v) is 2.52. The van der Waals surface area contributed by atoms with Crippen LogP contribution < -0.4 is 0 Å². The van der Waals surface area contributed by atoms with E-state index >= 15 is 0 Å². The fraction of sp³-hybridized carbons (Fsp3) is 0.333. The minimum Gasteiger partial charge on any atom is -0.481 e. The number of halogens is 3. The first kappa shape index (κ1) is 15.2. The zero-order chi connectivity index (χ0) is 14.7. The topological polar surface area (TPSA) is 74.6 Å². The van der Waals surface area contributed by atoms with Crippen molar-refractivity contribution in [2.45, 2.75) is 24.6 Å². The number of carboxylic acid groups (broad SMARTS) is 1. The molecule has 7 heteroatoms. The van der Waals surface area contributed by atoms with E-state index in [1.165, 1.54) is 18.2 Å². The molecule has 0 bridgehead atoms. The Morgan fingerprint density at radius 1 is 1.11 bits per heavy atom. The number of aliphatic hydroxyl groups is 1. The second-order valence-electron chi connectivity index (χ2n) is 4.01. The van der Waals surface area contributed by atoms with Gasteiger partial charge in [-0.25, -0.2) is 0 Å². The maximum Gasteiger partial charge on any atom is 0.421 e. The summed E-state index contributed by atoms with van der Waals surface area (Å²) >= 11 is 0. The molecule has 0 fully saturated rings. The second-order valence-corrected chi connectivity index (χ2v) is 4.01. The van der Waals surface area contributed by atoms with Gasteiger partial charge in [0.05, 0.1) is 0 Å². The van der Waals surface area contributed by atoms with E-state index in [0.29, 0.717) is 0 Å². The number of carboxylic acids is 1. The van der Waals surface area contributed by atoms with E-state index in [0.717, 1.165) is 12.1 Å². The van der Waals surface area contributed by atoms with Crippen molar-refractivity contribution in [3.8, 4) is 0 Å². The number of carbonyl (C=O) groups excluding carboxylic acids is 1. The van der Waals surface area contributed by atoms with Crippen LogP contribution in [0.2, 0.25) is 0 Å². The molecule has 1 atom stereocenters. The summed E-state index contributed by atoms with van der Waals surface area (Å²) < 4.78 is 38.8. The molecular weight excluding hydrogens is 265 g/mol. The summed E-state index contributed by atoms with van der Waals surface area (Å²) in [5.41, 5.74) is -3.87. The molecule has 0 amide bonds. The fourth-order valence-electron chi connectivity index (χ4n) is 1.60. The number of hydrogen-bond donors (Lipinski definition) is 2. The predicted molar refractivity (Wildman–Crippen MR) is 58.3 cm³/mol. The number of alkyl halides is 3. The first-order chi connectivity index (χ1) is 8.67. The Hall–Kier alpha value is -1.89. The number of carbonyl (C=O) groups is 2. The van der Waals surface area contributed by atoms with E-state index < -0.39 is 41.9 Å². The highest BCUT2D eigenvalue weighted by Gasteiger charge is 2.55. The van der Waals surface area contributed by atoms with Gasteiger partial charge in [0.2, 0.25) is 0 Å². The molecule has 0 radical (unpaired) electrons. The number of ketones is 1. The summed E-state index contributed by atoms with van der Waals surface area (Å²) in [6.07, 6.45) is -7.47. The van der Waals surface area contributed by atoms with Crippen LogP contribution in [0.4, 0.5) is 13.2 Å². The van der Waals surface area contributed by atoms with Gasteiger partial charge in [0.15, 0.2) is 5.60 Å². The molecule has 19 heavy (non-hydrogen) atoms. The third kappa shape index (κ3) is 3.54. The highest BCUT2D eigenvalue weighted by molar-refractivity contribution is 5.95. The van der Waals surface area contributed by atoms with Crippen molar-refractivity contribution < 1.29 is 33.0 Å². The smallest absolute Gasteiger partial charge is 0.421 e. The van der Waals surface area contributed by atoms with Crippen LogP contribution in [0.3, 0.4) is 0 Å².